The van der Waals surface area contributed by atoms with Crippen LogP contribution < -0.4 is 9.64 Å². The monoisotopic (exact) mass is 458 g/mol. The number of morpholine rings is 1. The van der Waals surface area contributed by atoms with Gasteiger partial charge in [0.1, 0.15) is 5.75 Å². The lowest BCUT2D eigenvalue weighted by molar-refractivity contribution is 0.0731. The number of piperidine rings is 1. The van der Waals surface area contributed by atoms with E-state index in [1.54, 1.807) is 12.1 Å². The molecule has 0 aliphatic carbocycles. The molecule has 7 nitrogen and oxygen atoms in total. The molecule has 2 saturated heterocycles. The van der Waals surface area contributed by atoms with Crippen LogP contribution in [-0.4, -0.2) is 58.1 Å². The summed E-state index contributed by atoms with van der Waals surface area (Å²) in [6, 6.07) is 10.5. The fourth-order valence-corrected chi connectivity index (χ4v) is 5.83. The summed E-state index contributed by atoms with van der Waals surface area (Å²) >= 11 is 0. The van der Waals surface area contributed by atoms with Crippen molar-refractivity contribution < 1.29 is 22.7 Å². The van der Waals surface area contributed by atoms with E-state index in [1.807, 2.05) is 36.9 Å². The lowest BCUT2D eigenvalue weighted by Crippen LogP contribution is -2.38. The first-order valence-electron chi connectivity index (χ1n) is 11.1. The minimum absolute atomic E-state index is 0.130. The molecule has 0 unspecified atom stereocenters. The number of para-hydroxylation sites is 1. The van der Waals surface area contributed by atoms with Crippen LogP contribution in [0.5, 0.6) is 5.75 Å². The number of anilines is 1. The Hall–Kier alpha value is -2.42. The summed E-state index contributed by atoms with van der Waals surface area (Å²) in [6.07, 6.45) is 2.74. The first-order valence-corrected chi connectivity index (χ1v) is 12.6. The maximum Gasteiger partial charge on any atom is 0.345 e. The van der Waals surface area contributed by atoms with Crippen molar-refractivity contribution in [2.45, 2.75) is 38.0 Å². The van der Waals surface area contributed by atoms with E-state index in [-0.39, 0.29) is 10.5 Å². The topological polar surface area (TPSA) is 76.2 Å². The average Bonchev–Trinajstić information content (AvgIpc) is 2.82. The van der Waals surface area contributed by atoms with Crippen LogP contribution in [0.4, 0.5) is 5.69 Å². The molecule has 172 valence electrons. The van der Waals surface area contributed by atoms with Crippen molar-refractivity contribution >= 4 is 21.7 Å². The zero-order valence-corrected chi connectivity index (χ0v) is 19.5. The summed E-state index contributed by atoms with van der Waals surface area (Å²) < 4.78 is 39.3. The van der Waals surface area contributed by atoms with Gasteiger partial charge in [-0.25, -0.2) is 13.2 Å². The van der Waals surface area contributed by atoms with E-state index in [4.69, 9.17) is 9.47 Å². The number of hydrogen-bond donors (Lipinski definition) is 0. The van der Waals surface area contributed by atoms with Crippen molar-refractivity contribution in [3.05, 3.63) is 53.1 Å². The van der Waals surface area contributed by atoms with Gasteiger partial charge in [0.25, 0.3) is 0 Å². The number of carbonyl (C=O) groups is 1. The first kappa shape index (κ1) is 22.8. The van der Waals surface area contributed by atoms with Crippen LogP contribution in [0.25, 0.3) is 0 Å². The molecule has 4 rings (SSSR count). The Morgan fingerprint density at radius 2 is 1.59 bits per heavy atom. The van der Waals surface area contributed by atoms with Crippen molar-refractivity contribution in [1.29, 1.82) is 0 Å². The van der Waals surface area contributed by atoms with Crippen LogP contribution in [0.15, 0.2) is 41.3 Å². The van der Waals surface area contributed by atoms with Gasteiger partial charge in [0.05, 0.1) is 29.4 Å². The second kappa shape index (κ2) is 9.60. The number of benzene rings is 2. The summed E-state index contributed by atoms with van der Waals surface area (Å²) in [6.45, 7) is 7.15. The molecule has 0 spiro atoms. The van der Waals surface area contributed by atoms with E-state index in [1.165, 1.54) is 10.4 Å². The maximum atomic E-state index is 13.3. The van der Waals surface area contributed by atoms with Crippen molar-refractivity contribution in [3.8, 4) is 5.75 Å². The first-order chi connectivity index (χ1) is 15.4. The molecule has 32 heavy (non-hydrogen) atoms. The summed E-state index contributed by atoms with van der Waals surface area (Å²) in [4.78, 5) is 15.5. The second-order valence-electron chi connectivity index (χ2n) is 8.35. The standard InChI is InChI=1S/C24H30N2O5S/c1-18-7-6-8-19(2)23(18)31-24(27)21-17-20(32(28,29)26-11-4-3-5-12-26)9-10-22(21)25-13-15-30-16-14-25/h6-10,17H,3-5,11-16H2,1-2H3. The number of ether oxygens (including phenoxy) is 2. The van der Waals surface area contributed by atoms with Crippen LogP contribution in [0, 0.1) is 13.8 Å². The van der Waals surface area contributed by atoms with Crippen molar-refractivity contribution in [2.75, 3.05) is 44.3 Å². The van der Waals surface area contributed by atoms with Gasteiger partial charge in [0.2, 0.25) is 10.0 Å². The minimum atomic E-state index is -3.67. The molecular weight excluding hydrogens is 428 g/mol. The lowest BCUT2D eigenvalue weighted by atomic mass is 10.1. The predicted molar refractivity (Wildman–Crippen MR) is 123 cm³/mol. The number of rotatable bonds is 5. The molecule has 2 heterocycles. The van der Waals surface area contributed by atoms with Crippen molar-refractivity contribution in [2.24, 2.45) is 0 Å². The smallest absolute Gasteiger partial charge is 0.345 e. The SMILES string of the molecule is Cc1cccc(C)c1OC(=O)c1cc(S(=O)(=O)N2CCCCC2)ccc1N1CCOCC1. The van der Waals surface area contributed by atoms with Gasteiger partial charge in [-0.05, 0) is 56.0 Å². The number of nitrogens with zero attached hydrogens (tertiary/aromatic N) is 2. The van der Waals surface area contributed by atoms with E-state index < -0.39 is 16.0 Å². The summed E-state index contributed by atoms with van der Waals surface area (Å²) in [5.41, 5.74) is 2.63. The lowest BCUT2D eigenvalue weighted by Gasteiger charge is -2.31. The quantitative estimate of drug-likeness (QED) is 0.504. The molecule has 0 N–H and O–H groups in total. The zero-order chi connectivity index (χ0) is 22.7. The van der Waals surface area contributed by atoms with Gasteiger partial charge in [0.15, 0.2) is 0 Å². The van der Waals surface area contributed by atoms with Gasteiger partial charge < -0.3 is 14.4 Å². The fourth-order valence-electron chi connectivity index (χ4n) is 4.28. The highest BCUT2D eigenvalue weighted by Crippen LogP contribution is 2.30. The Morgan fingerprint density at radius 3 is 2.25 bits per heavy atom. The number of carbonyl (C=O) groups excluding carboxylic acids is 1. The molecule has 8 heteroatoms. The zero-order valence-electron chi connectivity index (χ0n) is 18.7. The second-order valence-corrected chi connectivity index (χ2v) is 10.3. The van der Waals surface area contributed by atoms with Gasteiger partial charge in [-0.1, -0.05) is 24.6 Å². The molecule has 2 aromatic carbocycles. The number of esters is 1. The fraction of sp³-hybridized carbons (Fsp3) is 0.458. The Labute approximate surface area is 190 Å². The number of sulfonamides is 1. The number of hydrogen-bond acceptors (Lipinski definition) is 6. The number of aryl methyl sites for hydroxylation is 2. The highest BCUT2D eigenvalue weighted by atomic mass is 32.2. The third-order valence-corrected chi connectivity index (χ3v) is 7.99. The molecule has 0 bridgehead atoms. The van der Waals surface area contributed by atoms with E-state index >= 15 is 0 Å². The molecule has 2 fully saturated rings. The highest BCUT2D eigenvalue weighted by molar-refractivity contribution is 7.89. The molecule has 0 radical (unpaired) electrons. The van der Waals surface area contributed by atoms with Crippen LogP contribution in [0.1, 0.15) is 40.7 Å². The minimum Gasteiger partial charge on any atom is -0.422 e. The average molecular weight is 459 g/mol. The van der Waals surface area contributed by atoms with Gasteiger partial charge >= 0.3 is 5.97 Å². The highest BCUT2D eigenvalue weighted by Gasteiger charge is 2.29. The molecule has 2 aliphatic rings. The summed E-state index contributed by atoms with van der Waals surface area (Å²) in [5.74, 6) is -0.0469. The van der Waals surface area contributed by atoms with Gasteiger partial charge in [-0.15, -0.1) is 0 Å². The van der Waals surface area contributed by atoms with Gasteiger partial charge in [-0.3, -0.25) is 0 Å². The Balaban J connectivity index is 1.73. The van der Waals surface area contributed by atoms with E-state index in [9.17, 15) is 13.2 Å². The molecule has 0 aromatic heterocycles. The molecule has 2 aliphatic heterocycles. The molecule has 0 atom stereocenters. The summed E-state index contributed by atoms with van der Waals surface area (Å²) in [5, 5.41) is 0. The predicted octanol–water partition coefficient (Wildman–Crippen LogP) is 3.53. The third-order valence-electron chi connectivity index (χ3n) is 6.10. The molecular formula is C24H30N2O5S. The van der Waals surface area contributed by atoms with Crippen LogP contribution in [0.2, 0.25) is 0 Å². The van der Waals surface area contributed by atoms with Crippen molar-refractivity contribution in [1.82, 2.24) is 4.31 Å². The van der Waals surface area contributed by atoms with E-state index in [0.717, 1.165) is 30.4 Å². The maximum absolute atomic E-state index is 13.3. The van der Waals surface area contributed by atoms with Gasteiger partial charge in [-0.2, -0.15) is 4.31 Å². The molecule has 0 saturated carbocycles. The van der Waals surface area contributed by atoms with E-state index in [0.29, 0.717) is 50.8 Å². The van der Waals surface area contributed by atoms with Crippen LogP contribution in [-0.2, 0) is 14.8 Å². The van der Waals surface area contributed by atoms with Crippen LogP contribution >= 0.6 is 0 Å². The van der Waals surface area contributed by atoms with Crippen molar-refractivity contribution in [3.63, 3.8) is 0 Å². The normalized spacial score (nSPS) is 17.9. The summed E-state index contributed by atoms with van der Waals surface area (Å²) in [7, 11) is -3.67. The Morgan fingerprint density at radius 1 is 0.938 bits per heavy atom. The largest absolute Gasteiger partial charge is 0.422 e. The van der Waals surface area contributed by atoms with E-state index in [2.05, 4.69) is 0 Å². The Kier molecular flexibility index (Phi) is 6.83. The van der Waals surface area contributed by atoms with Crippen LogP contribution in [0.3, 0.4) is 0 Å². The molecule has 0 amide bonds. The Bertz CT molecular complexity index is 1070. The van der Waals surface area contributed by atoms with Gasteiger partial charge in [0, 0.05) is 26.2 Å². The molecule has 2 aromatic rings. The third kappa shape index (κ3) is 4.67.